The molecule has 1 amide bonds. The number of amides is 1. The van der Waals surface area contributed by atoms with Crippen molar-refractivity contribution in [2.45, 2.75) is 51.2 Å². The lowest BCUT2D eigenvalue weighted by atomic mass is 9.83. The Bertz CT molecular complexity index is 1560. The van der Waals surface area contributed by atoms with Crippen molar-refractivity contribution in [2.75, 3.05) is 18.6 Å². The Labute approximate surface area is 245 Å². The van der Waals surface area contributed by atoms with Gasteiger partial charge in [0.15, 0.2) is 0 Å². The van der Waals surface area contributed by atoms with Crippen molar-refractivity contribution in [1.82, 2.24) is 39.9 Å². The maximum Gasteiger partial charge on any atom is 0.414 e. The van der Waals surface area contributed by atoms with Gasteiger partial charge in [0.2, 0.25) is 0 Å². The van der Waals surface area contributed by atoms with Crippen LogP contribution in [0.2, 0.25) is 5.02 Å². The maximum atomic E-state index is 13.5. The summed E-state index contributed by atoms with van der Waals surface area (Å²) in [6.45, 7) is 0.991. The van der Waals surface area contributed by atoms with Gasteiger partial charge in [0, 0.05) is 18.7 Å². The average molecular weight is 595 g/mol. The van der Waals surface area contributed by atoms with Crippen LogP contribution in [0.4, 0.5) is 14.9 Å². The maximum absolute atomic E-state index is 13.5. The van der Waals surface area contributed by atoms with Crippen LogP contribution in [-0.2, 0) is 11.2 Å². The Morgan fingerprint density at radius 1 is 1.21 bits per heavy atom. The smallest absolute Gasteiger partial charge is 0.414 e. The summed E-state index contributed by atoms with van der Waals surface area (Å²) in [5.74, 6) is 0.844. The van der Waals surface area contributed by atoms with Gasteiger partial charge in [-0.3, -0.25) is 10.00 Å². The zero-order chi connectivity index (χ0) is 29.6. The van der Waals surface area contributed by atoms with Crippen LogP contribution in [-0.4, -0.2) is 71.9 Å². The Hall–Kier alpha value is -4.64. The molecule has 1 aliphatic carbocycles. The van der Waals surface area contributed by atoms with Crippen molar-refractivity contribution in [3.63, 3.8) is 0 Å². The molecule has 0 aromatic carbocycles. The summed E-state index contributed by atoms with van der Waals surface area (Å²) < 4.78 is 25.4. The molecular formula is C27H28ClFN10O3. The number of nitrogens with zero attached hydrogens (tertiary/aromatic N) is 9. The monoisotopic (exact) mass is 594 g/mol. The first-order chi connectivity index (χ1) is 20.4. The van der Waals surface area contributed by atoms with E-state index >= 15 is 0 Å². The number of carbonyl (C=O) groups is 1. The highest BCUT2D eigenvalue weighted by Crippen LogP contribution is 2.33. The fourth-order valence-corrected chi connectivity index (χ4v) is 5.11. The summed E-state index contributed by atoms with van der Waals surface area (Å²) in [5.41, 5.74) is 2.28. The van der Waals surface area contributed by atoms with Crippen molar-refractivity contribution in [3.05, 3.63) is 53.6 Å². The van der Waals surface area contributed by atoms with Crippen molar-refractivity contribution >= 4 is 23.4 Å². The van der Waals surface area contributed by atoms with Gasteiger partial charge in [-0.15, -0.1) is 0 Å². The van der Waals surface area contributed by atoms with Gasteiger partial charge in [-0.1, -0.05) is 11.6 Å². The highest BCUT2D eigenvalue weighted by Gasteiger charge is 2.33. The van der Waals surface area contributed by atoms with Crippen molar-refractivity contribution in [1.29, 1.82) is 5.26 Å². The molecule has 1 N–H and O–H groups in total. The fourth-order valence-electron chi connectivity index (χ4n) is 4.92. The van der Waals surface area contributed by atoms with Crippen LogP contribution in [0.3, 0.4) is 0 Å². The molecule has 4 aromatic heterocycles. The van der Waals surface area contributed by atoms with E-state index in [1.807, 2.05) is 0 Å². The second kappa shape index (κ2) is 12.9. The largest absolute Gasteiger partial charge is 0.467 e. The number of ether oxygens (including phenoxy) is 2. The molecule has 0 saturated heterocycles. The minimum Gasteiger partial charge on any atom is -0.467 e. The summed E-state index contributed by atoms with van der Waals surface area (Å²) in [6, 6.07) is 2.14. The van der Waals surface area contributed by atoms with Crippen LogP contribution in [0, 0.1) is 17.2 Å². The van der Waals surface area contributed by atoms with Crippen molar-refractivity contribution in [3.8, 4) is 29.2 Å². The first-order valence-corrected chi connectivity index (χ1v) is 13.7. The van der Waals surface area contributed by atoms with Gasteiger partial charge in [0.25, 0.3) is 0 Å². The number of aromatic amines is 1. The van der Waals surface area contributed by atoms with E-state index < -0.39 is 12.3 Å². The highest BCUT2D eigenvalue weighted by atomic mass is 35.5. The van der Waals surface area contributed by atoms with Gasteiger partial charge in [-0.05, 0) is 38.5 Å². The third-order valence-electron chi connectivity index (χ3n) is 6.98. The number of aromatic nitrogens is 8. The van der Waals surface area contributed by atoms with Gasteiger partial charge in [-0.25, -0.2) is 33.8 Å². The molecule has 13 nitrogen and oxygen atoms in total. The first kappa shape index (κ1) is 28.9. The minimum atomic E-state index is -1.29. The van der Waals surface area contributed by atoms with Crippen molar-refractivity contribution in [2.24, 2.45) is 5.92 Å². The number of H-pyrrole nitrogens is 1. The summed E-state index contributed by atoms with van der Waals surface area (Å²) in [5, 5.41) is 21.0. The van der Waals surface area contributed by atoms with Gasteiger partial charge in [0.05, 0.1) is 54.4 Å². The third kappa shape index (κ3) is 6.46. The number of rotatable bonds is 9. The lowest BCUT2D eigenvalue weighted by molar-refractivity contribution is 0.119. The molecular weight excluding hydrogens is 567 g/mol. The molecule has 4 aromatic rings. The van der Waals surface area contributed by atoms with Crippen LogP contribution in [0.5, 0.6) is 6.01 Å². The molecule has 42 heavy (non-hydrogen) atoms. The average Bonchev–Trinajstić information content (AvgIpc) is 3.66. The normalized spacial score (nSPS) is 17.3. The molecule has 5 rings (SSSR count). The molecule has 1 saturated carbocycles. The Balaban J connectivity index is 1.30. The van der Waals surface area contributed by atoms with Crippen LogP contribution in [0.1, 0.15) is 44.0 Å². The molecule has 1 unspecified atom stereocenters. The van der Waals surface area contributed by atoms with Gasteiger partial charge < -0.3 is 9.47 Å². The minimum absolute atomic E-state index is 0.185. The van der Waals surface area contributed by atoms with Crippen LogP contribution < -0.4 is 9.64 Å². The summed E-state index contributed by atoms with van der Waals surface area (Å²) in [6.07, 6.45) is 10.9. The van der Waals surface area contributed by atoms with E-state index in [9.17, 15) is 14.4 Å². The zero-order valence-corrected chi connectivity index (χ0v) is 23.7. The standard InChI is InChI=1S/C27H28ClFN10O3/c1-16(29)15-42-27(40)39(21-12-35-38(14-21)20-10-32-26(41-2)33-11-20)19-5-3-17(4-6-19)7-23-31-9-18(8-30)24(36-23)25-22(28)13-34-37-25/h9-14,16-17,19H,3-7,15H2,1-2H3,(H,34,37). The molecule has 0 radical (unpaired) electrons. The Morgan fingerprint density at radius 2 is 1.98 bits per heavy atom. The van der Waals surface area contributed by atoms with Crippen LogP contribution in [0.25, 0.3) is 17.1 Å². The lowest BCUT2D eigenvalue weighted by Crippen LogP contribution is -2.43. The molecule has 218 valence electrons. The molecule has 0 spiro atoms. The number of hydrogen-bond donors (Lipinski definition) is 1. The van der Waals surface area contributed by atoms with E-state index in [2.05, 4.69) is 41.3 Å². The number of nitriles is 1. The summed E-state index contributed by atoms with van der Waals surface area (Å²) in [7, 11) is 1.48. The van der Waals surface area contributed by atoms with Gasteiger partial charge in [0.1, 0.15) is 41.7 Å². The van der Waals surface area contributed by atoms with E-state index in [0.29, 0.717) is 58.4 Å². The number of nitrogens with one attached hydrogen (secondary N) is 1. The Morgan fingerprint density at radius 3 is 2.62 bits per heavy atom. The predicted octanol–water partition coefficient (Wildman–Crippen LogP) is 4.48. The Kier molecular flexibility index (Phi) is 8.87. The molecule has 4 heterocycles. The summed E-state index contributed by atoms with van der Waals surface area (Å²) >= 11 is 6.21. The molecule has 0 aliphatic heterocycles. The molecule has 15 heteroatoms. The summed E-state index contributed by atoms with van der Waals surface area (Å²) in [4.78, 5) is 31.9. The first-order valence-electron chi connectivity index (χ1n) is 13.3. The number of alkyl halides is 1. The van der Waals surface area contributed by atoms with E-state index in [4.69, 9.17) is 21.1 Å². The SMILES string of the molecule is COc1ncc(-n2cc(N(C(=O)OCC(C)F)C3CCC(Cc4ncc(C#N)c(-c5[nH]ncc5Cl)n4)CC3)cn2)cn1. The number of carbonyl (C=O) groups excluding carboxylic acids is 1. The van der Waals surface area contributed by atoms with Crippen LogP contribution in [0.15, 0.2) is 37.2 Å². The van der Waals surface area contributed by atoms with Gasteiger partial charge in [-0.2, -0.15) is 15.5 Å². The number of anilines is 1. The lowest BCUT2D eigenvalue weighted by Gasteiger charge is -2.35. The molecule has 1 aliphatic rings. The zero-order valence-electron chi connectivity index (χ0n) is 22.9. The van der Waals surface area contributed by atoms with E-state index in [0.717, 1.165) is 12.8 Å². The topological polar surface area (TPSA) is 161 Å². The van der Waals surface area contributed by atoms with E-state index in [-0.39, 0.29) is 24.6 Å². The van der Waals surface area contributed by atoms with E-state index in [1.165, 1.54) is 26.4 Å². The second-order valence-electron chi connectivity index (χ2n) is 9.93. The van der Waals surface area contributed by atoms with Crippen molar-refractivity contribution < 1.29 is 18.7 Å². The van der Waals surface area contributed by atoms with E-state index in [1.54, 1.807) is 34.4 Å². The quantitative estimate of drug-likeness (QED) is 0.292. The predicted molar refractivity (Wildman–Crippen MR) is 149 cm³/mol. The number of halogens is 2. The van der Waals surface area contributed by atoms with Crippen LogP contribution >= 0.6 is 11.6 Å². The van der Waals surface area contributed by atoms with Gasteiger partial charge >= 0.3 is 12.1 Å². The number of methoxy groups -OCH3 is 1. The molecule has 1 fully saturated rings. The molecule has 1 atom stereocenters. The third-order valence-corrected chi connectivity index (χ3v) is 7.27. The highest BCUT2D eigenvalue weighted by molar-refractivity contribution is 6.32. The molecule has 0 bridgehead atoms. The number of hydrogen-bond acceptors (Lipinski definition) is 10. The second-order valence-corrected chi connectivity index (χ2v) is 10.3. The fraction of sp³-hybridized carbons (Fsp3) is 0.407.